The first-order valence-corrected chi connectivity index (χ1v) is 30.1. The number of unbranched alkanes of at least 4 members (excludes halogenated alkanes) is 45. The Balaban J connectivity index is 0. The third-order valence-electron chi connectivity index (χ3n) is 14.1. The third kappa shape index (κ3) is 57.8. The van der Waals surface area contributed by atoms with Gasteiger partial charge in [-0.3, -0.25) is 4.55 Å². The van der Waals surface area contributed by atoms with Crippen molar-refractivity contribution in [2.45, 2.75) is 336 Å². The van der Waals surface area contributed by atoms with Gasteiger partial charge in [0.15, 0.2) is 0 Å². The van der Waals surface area contributed by atoms with Crippen LogP contribution in [0.1, 0.15) is 336 Å². The first-order chi connectivity index (χ1) is 30.2. The van der Waals surface area contributed by atoms with Crippen molar-refractivity contribution in [3.8, 4) is 0 Å². The van der Waals surface area contributed by atoms with Gasteiger partial charge in [0, 0.05) is 0 Å². The van der Waals surface area contributed by atoms with E-state index in [0.29, 0.717) is 0 Å². The highest BCUT2D eigenvalue weighted by atomic mass is 32.3. The summed E-state index contributed by atoms with van der Waals surface area (Å²) in [5, 5.41) is 0. The van der Waals surface area contributed by atoms with E-state index < -0.39 is 10.4 Å². The maximum absolute atomic E-state index is 8.63. The molecule has 376 valence electrons. The van der Waals surface area contributed by atoms with Crippen molar-refractivity contribution in [1.82, 2.24) is 0 Å². The molecule has 0 aromatic heterocycles. The number of nitrogens with zero attached hydrogens (tertiary/aromatic N) is 1. The highest BCUT2D eigenvalue weighted by Gasteiger charge is 2.24. The highest BCUT2D eigenvalue weighted by Crippen LogP contribution is 2.21. The average molecular weight is 901 g/mol. The molecule has 0 aliphatic rings. The molecule has 0 aromatic rings. The molecule has 0 fully saturated rings. The van der Waals surface area contributed by atoms with Gasteiger partial charge in [-0.2, -0.15) is 0 Å². The first-order valence-electron chi connectivity index (χ1n) is 28.8. The van der Waals surface area contributed by atoms with Gasteiger partial charge < -0.3 is 9.04 Å². The molecule has 6 heteroatoms. The fourth-order valence-electron chi connectivity index (χ4n) is 9.80. The molecule has 0 saturated carbocycles. The number of rotatable bonds is 52. The van der Waals surface area contributed by atoms with Gasteiger partial charge in [-0.05, 0) is 45.4 Å². The van der Waals surface area contributed by atoms with Crippen molar-refractivity contribution >= 4 is 10.4 Å². The smallest absolute Gasteiger partial charge is 0.215 e. The lowest BCUT2D eigenvalue weighted by molar-refractivity contribution is -0.927. The van der Waals surface area contributed by atoms with Gasteiger partial charge in [0.25, 0.3) is 0 Å². The molecule has 0 unspecified atom stereocenters. The largest absolute Gasteiger partial charge is 0.726 e. The van der Waals surface area contributed by atoms with Gasteiger partial charge in [0.2, 0.25) is 10.4 Å². The van der Waals surface area contributed by atoms with Crippen LogP contribution in [0.4, 0.5) is 0 Å². The van der Waals surface area contributed by atoms with Crippen molar-refractivity contribution < 1.29 is 22.0 Å². The van der Waals surface area contributed by atoms with Crippen molar-refractivity contribution in [2.24, 2.45) is 0 Å². The normalized spacial score (nSPS) is 12.0. The molecular formula is C56H117NO4S. The fourth-order valence-corrected chi connectivity index (χ4v) is 9.80. The molecule has 0 aliphatic heterocycles. The molecule has 0 bridgehead atoms. The van der Waals surface area contributed by atoms with E-state index >= 15 is 0 Å². The minimum atomic E-state index is -4.92. The Bertz CT molecular complexity index is 815. The lowest BCUT2D eigenvalue weighted by atomic mass is 10.0. The van der Waals surface area contributed by atoms with Gasteiger partial charge in [0.05, 0.1) is 26.2 Å². The predicted octanol–water partition coefficient (Wildman–Crippen LogP) is 19.6. The minimum Gasteiger partial charge on any atom is -0.726 e. The fraction of sp³-hybridized carbons (Fsp3) is 1.00. The van der Waals surface area contributed by atoms with Crippen LogP contribution >= 0.6 is 0 Å². The standard InChI is InChI=1S/C56H116N.H2O4S/c1-5-9-12-15-18-21-24-27-30-33-36-39-42-45-48-51-54-57(8-4,55-52-49-46-43-40-37-34-31-28-25-22-19-16-13-10-6-2)56-53-50-47-44-41-38-35-32-29-26-23-20-17-14-11-7-3;1-5(2,3)4/h5-56H2,1-4H3;(H2,1,2,3,4)/q+1;/p-1. The summed E-state index contributed by atoms with van der Waals surface area (Å²) in [7, 11) is -4.92. The van der Waals surface area contributed by atoms with Gasteiger partial charge in [-0.15, -0.1) is 0 Å². The zero-order valence-corrected chi connectivity index (χ0v) is 44.1. The van der Waals surface area contributed by atoms with Crippen LogP contribution in [0.2, 0.25) is 0 Å². The molecule has 0 atom stereocenters. The summed E-state index contributed by atoms with van der Waals surface area (Å²) in [6, 6.07) is 0. The molecule has 0 amide bonds. The molecule has 5 nitrogen and oxygen atoms in total. The SMILES string of the molecule is CCCCCCCCCCCCCCCCCC[N+](CC)(CCCCCCCCCCCCCCCCCC)CCCCCCCCCCCCCCCCCC.O=S(=O)([O-])O. The summed E-state index contributed by atoms with van der Waals surface area (Å²) in [5.41, 5.74) is 0. The maximum atomic E-state index is 8.63. The van der Waals surface area contributed by atoms with E-state index in [1.165, 1.54) is 339 Å². The monoisotopic (exact) mass is 900 g/mol. The Morgan fingerprint density at radius 1 is 0.274 bits per heavy atom. The van der Waals surface area contributed by atoms with E-state index in [9.17, 15) is 0 Å². The lowest BCUT2D eigenvalue weighted by Gasteiger charge is -2.38. The van der Waals surface area contributed by atoms with Gasteiger partial charge in [-0.25, -0.2) is 8.42 Å². The Hall–Kier alpha value is -0.170. The molecule has 0 aliphatic carbocycles. The van der Waals surface area contributed by atoms with Crippen molar-refractivity contribution in [1.29, 1.82) is 0 Å². The second-order valence-corrected chi connectivity index (χ2v) is 21.0. The van der Waals surface area contributed by atoms with Crippen LogP contribution in [0, 0.1) is 0 Å². The Labute approximate surface area is 392 Å². The van der Waals surface area contributed by atoms with Crippen LogP contribution in [-0.2, 0) is 10.4 Å². The number of hydrogen-bond donors (Lipinski definition) is 1. The molecule has 0 saturated heterocycles. The molecule has 0 heterocycles. The third-order valence-corrected chi connectivity index (χ3v) is 14.1. The summed E-state index contributed by atoms with van der Waals surface area (Å²) in [6.45, 7) is 15.3. The molecule has 0 spiro atoms. The number of quaternary nitrogens is 1. The molecule has 0 aromatic carbocycles. The summed E-state index contributed by atoms with van der Waals surface area (Å²) in [6.07, 6.45) is 70.8. The van der Waals surface area contributed by atoms with Crippen LogP contribution in [0.5, 0.6) is 0 Å². The zero-order chi connectivity index (χ0) is 45.8. The highest BCUT2D eigenvalue weighted by molar-refractivity contribution is 7.79. The summed E-state index contributed by atoms with van der Waals surface area (Å²) in [4.78, 5) is 0. The molecule has 62 heavy (non-hydrogen) atoms. The van der Waals surface area contributed by atoms with E-state index in [0.717, 1.165) is 0 Å². The second-order valence-electron chi connectivity index (χ2n) is 20.2. The lowest BCUT2D eigenvalue weighted by Crippen LogP contribution is -2.50. The van der Waals surface area contributed by atoms with Crippen LogP contribution in [-0.4, -0.2) is 48.2 Å². The molecule has 0 rings (SSSR count). The van der Waals surface area contributed by atoms with E-state index in [2.05, 4.69) is 27.7 Å². The molecular weight excluding hydrogens is 783 g/mol. The van der Waals surface area contributed by atoms with E-state index in [-0.39, 0.29) is 0 Å². The van der Waals surface area contributed by atoms with E-state index in [1.54, 1.807) is 0 Å². The van der Waals surface area contributed by atoms with Crippen LogP contribution in [0.15, 0.2) is 0 Å². The van der Waals surface area contributed by atoms with Crippen LogP contribution in [0.3, 0.4) is 0 Å². The van der Waals surface area contributed by atoms with Gasteiger partial charge in [-0.1, -0.05) is 290 Å². The quantitative estimate of drug-likeness (QED) is 0.0286. The van der Waals surface area contributed by atoms with Crippen LogP contribution in [0.25, 0.3) is 0 Å². The van der Waals surface area contributed by atoms with Gasteiger partial charge in [0.1, 0.15) is 0 Å². The molecule has 0 radical (unpaired) electrons. The first kappa shape index (κ1) is 63.9. The topological polar surface area (TPSA) is 77.4 Å². The average Bonchev–Trinajstić information content (AvgIpc) is 3.25. The summed E-state index contributed by atoms with van der Waals surface area (Å²) in [5.74, 6) is 0. The van der Waals surface area contributed by atoms with Gasteiger partial charge >= 0.3 is 0 Å². The maximum Gasteiger partial charge on any atom is 0.215 e. The van der Waals surface area contributed by atoms with Crippen molar-refractivity contribution in [2.75, 3.05) is 26.2 Å². The minimum absolute atomic E-state index is 1.37. The van der Waals surface area contributed by atoms with E-state index in [4.69, 9.17) is 17.5 Å². The summed E-state index contributed by atoms with van der Waals surface area (Å²) >= 11 is 0. The second kappa shape index (κ2) is 53.4. The molecule has 1 N–H and O–H groups in total. The number of hydrogen-bond acceptors (Lipinski definition) is 3. The predicted molar refractivity (Wildman–Crippen MR) is 276 cm³/mol. The zero-order valence-electron chi connectivity index (χ0n) is 43.3. The van der Waals surface area contributed by atoms with Crippen LogP contribution < -0.4 is 0 Å². The van der Waals surface area contributed by atoms with E-state index in [1.807, 2.05) is 0 Å². The summed E-state index contributed by atoms with van der Waals surface area (Å²) < 4.78 is 34.3. The Kier molecular flexibility index (Phi) is 55.1. The Morgan fingerprint density at radius 3 is 0.500 bits per heavy atom. The Morgan fingerprint density at radius 2 is 0.387 bits per heavy atom. The van der Waals surface area contributed by atoms with Crippen molar-refractivity contribution in [3.05, 3.63) is 0 Å². The van der Waals surface area contributed by atoms with Crippen molar-refractivity contribution in [3.63, 3.8) is 0 Å².